The Morgan fingerprint density at radius 3 is 2.06 bits per heavy atom. The summed E-state index contributed by atoms with van der Waals surface area (Å²) in [5, 5.41) is 8.63. The van der Waals surface area contributed by atoms with Gasteiger partial charge in [0.1, 0.15) is 0 Å². The normalized spacial score (nSPS) is 13.5. The van der Waals surface area contributed by atoms with Crippen LogP contribution >= 0.6 is 0 Å². The highest BCUT2D eigenvalue weighted by Crippen LogP contribution is 2.53. The van der Waals surface area contributed by atoms with E-state index in [2.05, 4.69) is 103 Å². The number of nitrogens with zero attached hydrogens (tertiary/aromatic N) is 4. The summed E-state index contributed by atoms with van der Waals surface area (Å²) >= 11 is 0. The molecule has 240 valence electrons. The third kappa shape index (κ3) is 3.72. The van der Waals surface area contributed by atoms with Gasteiger partial charge >= 0.3 is 0 Å². The second-order valence-corrected chi connectivity index (χ2v) is 14.2. The first-order valence-electron chi connectivity index (χ1n) is 17.4. The average molecular weight is 655 g/mol. The molecule has 11 rings (SSSR count). The van der Waals surface area contributed by atoms with Crippen molar-refractivity contribution in [1.29, 1.82) is 0 Å². The summed E-state index contributed by atoms with van der Waals surface area (Å²) in [6, 6.07) is 48.8. The molecular weight excluding hydrogens is 625 g/mol. The smallest absolute Gasteiger partial charge is 0.266 e. The monoisotopic (exact) mass is 654 g/mol. The van der Waals surface area contributed by atoms with Crippen molar-refractivity contribution >= 4 is 65.2 Å². The highest BCUT2D eigenvalue weighted by Gasteiger charge is 2.38. The van der Waals surface area contributed by atoms with Crippen molar-refractivity contribution in [3.8, 4) is 22.8 Å². The molecule has 7 aromatic carbocycles. The highest BCUT2D eigenvalue weighted by molar-refractivity contribution is 6.22. The molecule has 0 radical (unpaired) electrons. The molecule has 51 heavy (non-hydrogen) atoms. The molecule has 0 saturated heterocycles. The number of para-hydroxylation sites is 2. The number of aromatic nitrogens is 4. The number of pyridine rings is 1. The molecule has 1 aliphatic rings. The molecule has 0 bridgehead atoms. The molecule has 5 heteroatoms. The van der Waals surface area contributed by atoms with Gasteiger partial charge in [-0.1, -0.05) is 117 Å². The molecule has 0 atom stereocenters. The predicted octanol–water partition coefficient (Wildman–Crippen LogP) is 10.6. The minimum atomic E-state index is -0.230. The van der Waals surface area contributed by atoms with Gasteiger partial charge in [0.2, 0.25) is 5.95 Å². The Balaban J connectivity index is 1.25. The van der Waals surface area contributed by atoms with Crippen LogP contribution in [0.25, 0.3) is 87.9 Å². The van der Waals surface area contributed by atoms with Crippen molar-refractivity contribution in [2.45, 2.75) is 19.3 Å². The molecule has 0 saturated carbocycles. The van der Waals surface area contributed by atoms with Gasteiger partial charge in [0.25, 0.3) is 5.56 Å². The zero-order chi connectivity index (χ0) is 34.0. The number of fused-ring (bicyclic) bond motifs is 13. The molecule has 0 aliphatic heterocycles. The van der Waals surface area contributed by atoms with E-state index in [1.165, 1.54) is 49.2 Å². The van der Waals surface area contributed by atoms with Gasteiger partial charge in [0.15, 0.2) is 0 Å². The van der Waals surface area contributed by atoms with Crippen LogP contribution in [0, 0.1) is 0 Å². The Hall–Kier alpha value is -6.59. The summed E-state index contributed by atoms with van der Waals surface area (Å²) in [6.07, 6.45) is 1.71. The van der Waals surface area contributed by atoms with Crippen LogP contribution in [0.1, 0.15) is 25.0 Å². The van der Waals surface area contributed by atoms with Crippen LogP contribution in [0.3, 0.4) is 0 Å². The standard InChI is InChI=1S/C46H30N4O/c1-46(2)37-25-40-35(24-34(37)32-22-20-28-13-7-9-17-31(28)42(32)46)41-30-16-8-6-12-27(30)21-23-39(41)50(40)45-47-26-36-43(48-45)33-18-10-11-19-38(33)49(44(36)51)29-14-4-3-5-15-29/h3-26H,1-2H3. The van der Waals surface area contributed by atoms with E-state index in [0.29, 0.717) is 16.9 Å². The summed E-state index contributed by atoms with van der Waals surface area (Å²) in [5.41, 5.74) is 9.19. The number of rotatable bonds is 2. The summed E-state index contributed by atoms with van der Waals surface area (Å²) in [5.74, 6) is 0.540. The Morgan fingerprint density at radius 2 is 1.24 bits per heavy atom. The second-order valence-electron chi connectivity index (χ2n) is 14.2. The first-order chi connectivity index (χ1) is 25.0. The summed E-state index contributed by atoms with van der Waals surface area (Å²) in [4.78, 5) is 24.4. The van der Waals surface area contributed by atoms with Gasteiger partial charge < -0.3 is 0 Å². The number of benzene rings is 7. The topological polar surface area (TPSA) is 52.7 Å². The lowest BCUT2D eigenvalue weighted by molar-refractivity contribution is 0.667. The van der Waals surface area contributed by atoms with Crippen molar-refractivity contribution in [3.63, 3.8) is 0 Å². The summed E-state index contributed by atoms with van der Waals surface area (Å²) < 4.78 is 3.96. The molecule has 3 aromatic heterocycles. The molecular formula is C46H30N4O. The van der Waals surface area contributed by atoms with E-state index in [4.69, 9.17) is 9.97 Å². The molecule has 0 N–H and O–H groups in total. The zero-order valence-corrected chi connectivity index (χ0v) is 28.1. The van der Waals surface area contributed by atoms with Gasteiger partial charge in [0.05, 0.1) is 27.5 Å². The highest BCUT2D eigenvalue weighted by atomic mass is 16.1. The van der Waals surface area contributed by atoms with Crippen LogP contribution in [0.5, 0.6) is 0 Å². The fraction of sp³-hybridized carbons (Fsp3) is 0.0652. The second kappa shape index (κ2) is 9.99. The minimum absolute atomic E-state index is 0.140. The van der Waals surface area contributed by atoms with Crippen LogP contribution in [0.2, 0.25) is 0 Å². The Morgan fingerprint density at radius 1 is 0.549 bits per heavy atom. The minimum Gasteiger partial charge on any atom is -0.278 e. The molecule has 0 unspecified atom stereocenters. The quantitative estimate of drug-likeness (QED) is 0.174. The van der Waals surface area contributed by atoms with E-state index >= 15 is 0 Å². The van der Waals surface area contributed by atoms with E-state index in [0.717, 1.165) is 33.0 Å². The Labute approximate surface area is 292 Å². The van der Waals surface area contributed by atoms with Gasteiger partial charge in [-0.2, -0.15) is 0 Å². The SMILES string of the molecule is CC1(C)c2cc3c(cc2-c2ccc4ccccc4c21)c1c2ccccc2ccc1n3-c1ncc2c(=O)n(-c3ccccc3)c3ccccc3c2n1. The van der Waals surface area contributed by atoms with Crippen molar-refractivity contribution in [1.82, 2.24) is 19.1 Å². The van der Waals surface area contributed by atoms with Gasteiger partial charge in [0, 0.05) is 33.5 Å². The molecule has 3 heterocycles. The van der Waals surface area contributed by atoms with Crippen molar-refractivity contribution in [3.05, 3.63) is 167 Å². The van der Waals surface area contributed by atoms with Crippen LogP contribution in [-0.4, -0.2) is 19.1 Å². The predicted molar refractivity (Wildman–Crippen MR) is 210 cm³/mol. The van der Waals surface area contributed by atoms with Crippen LogP contribution in [0.15, 0.2) is 151 Å². The van der Waals surface area contributed by atoms with Crippen molar-refractivity contribution in [2.75, 3.05) is 0 Å². The number of hydrogen-bond donors (Lipinski definition) is 0. The summed E-state index contributed by atoms with van der Waals surface area (Å²) in [6.45, 7) is 4.68. The maximum absolute atomic E-state index is 14.2. The fourth-order valence-corrected chi connectivity index (χ4v) is 8.87. The Bertz CT molecular complexity index is 3190. The largest absolute Gasteiger partial charge is 0.278 e. The molecule has 0 spiro atoms. The third-order valence-electron chi connectivity index (χ3n) is 11.1. The average Bonchev–Trinajstić information content (AvgIpc) is 3.62. The van der Waals surface area contributed by atoms with Crippen LogP contribution in [-0.2, 0) is 5.41 Å². The van der Waals surface area contributed by atoms with Gasteiger partial charge in [-0.3, -0.25) is 13.9 Å². The zero-order valence-electron chi connectivity index (χ0n) is 28.1. The van der Waals surface area contributed by atoms with E-state index in [9.17, 15) is 4.79 Å². The van der Waals surface area contributed by atoms with Gasteiger partial charge in [-0.25, -0.2) is 9.97 Å². The molecule has 10 aromatic rings. The maximum atomic E-state index is 14.2. The summed E-state index contributed by atoms with van der Waals surface area (Å²) in [7, 11) is 0. The lowest BCUT2D eigenvalue weighted by Gasteiger charge is -2.23. The van der Waals surface area contributed by atoms with Crippen LogP contribution in [0.4, 0.5) is 0 Å². The third-order valence-corrected chi connectivity index (χ3v) is 11.1. The van der Waals surface area contributed by atoms with Gasteiger partial charge in [-0.15, -0.1) is 0 Å². The molecule has 5 nitrogen and oxygen atoms in total. The van der Waals surface area contributed by atoms with E-state index in [1.54, 1.807) is 10.8 Å². The van der Waals surface area contributed by atoms with Crippen molar-refractivity contribution in [2.24, 2.45) is 0 Å². The number of hydrogen-bond acceptors (Lipinski definition) is 3. The molecule has 0 fully saturated rings. The van der Waals surface area contributed by atoms with E-state index in [1.807, 2.05) is 54.6 Å². The van der Waals surface area contributed by atoms with Crippen LogP contribution < -0.4 is 5.56 Å². The fourth-order valence-electron chi connectivity index (χ4n) is 8.87. The molecule has 1 aliphatic carbocycles. The van der Waals surface area contributed by atoms with E-state index in [-0.39, 0.29) is 11.0 Å². The Kier molecular flexibility index (Phi) is 5.54. The van der Waals surface area contributed by atoms with E-state index < -0.39 is 0 Å². The maximum Gasteiger partial charge on any atom is 0.266 e. The lowest BCUT2D eigenvalue weighted by Crippen LogP contribution is -2.20. The molecule has 0 amide bonds. The first-order valence-corrected chi connectivity index (χ1v) is 17.4. The van der Waals surface area contributed by atoms with Gasteiger partial charge in [-0.05, 0) is 80.2 Å². The first kappa shape index (κ1) is 28.3. The lowest BCUT2D eigenvalue weighted by atomic mass is 9.80. The van der Waals surface area contributed by atoms with Crippen molar-refractivity contribution < 1.29 is 0 Å².